The van der Waals surface area contributed by atoms with Crippen LogP contribution < -0.4 is 21.7 Å². The number of carbonyl (C=O) groups excluding carboxylic acids is 3. The molecule has 4 rings (SSSR count). The van der Waals surface area contributed by atoms with Crippen LogP contribution in [0.25, 0.3) is 10.9 Å². The number of carboxylic acids is 1. The van der Waals surface area contributed by atoms with Gasteiger partial charge in [-0.2, -0.15) is 0 Å². The van der Waals surface area contributed by atoms with E-state index in [2.05, 4.69) is 40.9 Å². The van der Waals surface area contributed by atoms with Gasteiger partial charge in [-0.1, -0.05) is 18.2 Å². The molecule has 204 valence electrons. The van der Waals surface area contributed by atoms with Gasteiger partial charge in [-0.25, -0.2) is 14.8 Å². The number of carbonyl (C=O) groups is 4. The number of para-hydroxylation sites is 1. The van der Waals surface area contributed by atoms with Gasteiger partial charge in [-0.15, -0.1) is 0 Å². The summed E-state index contributed by atoms with van der Waals surface area (Å²) in [6.45, 7) is -0.334. The van der Waals surface area contributed by atoms with Crippen molar-refractivity contribution in [1.82, 2.24) is 40.9 Å². The van der Waals surface area contributed by atoms with E-state index in [9.17, 15) is 24.3 Å². The molecule has 0 saturated heterocycles. The summed E-state index contributed by atoms with van der Waals surface area (Å²) in [7, 11) is 0. The van der Waals surface area contributed by atoms with Crippen LogP contribution in [0.4, 0.5) is 0 Å². The third kappa shape index (κ3) is 7.07. The lowest BCUT2D eigenvalue weighted by molar-refractivity contribution is -0.142. The fourth-order valence-electron chi connectivity index (χ4n) is 4.17. The number of amides is 3. The van der Waals surface area contributed by atoms with Crippen LogP contribution in [0.2, 0.25) is 0 Å². The van der Waals surface area contributed by atoms with E-state index in [1.165, 1.54) is 25.0 Å². The van der Waals surface area contributed by atoms with Crippen LogP contribution in [0.15, 0.2) is 55.5 Å². The maximum Gasteiger partial charge on any atom is 0.326 e. The van der Waals surface area contributed by atoms with Crippen molar-refractivity contribution >= 4 is 34.6 Å². The zero-order valence-corrected chi connectivity index (χ0v) is 20.8. The highest BCUT2D eigenvalue weighted by Gasteiger charge is 2.30. The Morgan fingerprint density at radius 2 is 1.41 bits per heavy atom. The lowest BCUT2D eigenvalue weighted by Gasteiger charge is -2.24. The third-order valence-corrected chi connectivity index (χ3v) is 6.14. The van der Waals surface area contributed by atoms with Gasteiger partial charge in [0.15, 0.2) is 0 Å². The van der Waals surface area contributed by atoms with E-state index in [4.69, 9.17) is 5.73 Å². The average Bonchev–Trinajstić information content (AvgIpc) is 3.70. The number of fused-ring (bicyclic) bond motifs is 1. The van der Waals surface area contributed by atoms with E-state index in [0.717, 1.165) is 16.5 Å². The normalized spacial score (nSPS) is 13.4. The van der Waals surface area contributed by atoms with Crippen molar-refractivity contribution < 1.29 is 24.3 Å². The molecule has 0 saturated carbocycles. The fraction of sp³-hybridized carbons (Fsp3) is 0.280. The molecule has 3 heterocycles. The van der Waals surface area contributed by atoms with Gasteiger partial charge >= 0.3 is 5.97 Å². The predicted octanol–water partition coefficient (Wildman–Crippen LogP) is -0.860. The maximum absolute atomic E-state index is 13.4. The number of aromatic amines is 3. The van der Waals surface area contributed by atoms with Crippen LogP contribution in [0.3, 0.4) is 0 Å². The summed E-state index contributed by atoms with van der Waals surface area (Å²) in [4.78, 5) is 67.4. The molecular weight excluding hydrogens is 506 g/mol. The lowest BCUT2D eigenvalue weighted by Crippen LogP contribution is -2.57. The van der Waals surface area contributed by atoms with Crippen LogP contribution in [0.1, 0.15) is 17.0 Å². The number of benzene rings is 1. The molecule has 9 N–H and O–H groups in total. The topological polar surface area (TPSA) is 224 Å². The van der Waals surface area contributed by atoms with E-state index in [-0.39, 0.29) is 25.8 Å². The van der Waals surface area contributed by atoms with Gasteiger partial charge in [-0.3, -0.25) is 14.4 Å². The van der Waals surface area contributed by atoms with Gasteiger partial charge in [0.05, 0.1) is 19.2 Å². The number of nitrogens with one attached hydrogen (secondary N) is 6. The summed E-state index contributed by atoms with van der Waals surface area (Å²) in [5, 5.41) is 18.5. The van der Waals surface area contributed by atoms with Crippen LogP contribution >= 0.6 is 0 Å². The molecule has 0 spiro atoms. The first-order valence-corrected chi connectivity index (χ1v) is 12.2. The number of H-pyrrole nitrogens is 3. The molecule has 3 atom stereocenters. The Hall–Kier alpha value is -4.98. The molecule has 3 aromatic heterocycles. The number of nitrogens with two attached hydrogens (primary N) is 1. The number of hydrogen-bond acceptors (Lipinski definition) is 7. The Morgan fingerprint density at radius 1 is 0.821 bits per heavy atom. The van der Waals surface area contributed by atoms with Crippen molar-refractivity contribution in [3.63, 3.8) is 0 Å². The standard InChI is InChI=1S/C25H29N9O5/c26-8-22(35)32-19(6-15-10-27-12-30-15)23(36)33-20(7-16-11-28-13-31-16)24(37)34-21(25(38)39)5-14-9-29-18-4-2-1-3-17(14)18/h1-4,9-13,19-21,29H,5-8,26H2,(H,27,30)(H,28,31)(H,32,35)(H,33,36)(H,34,37)(H,38,39). The Morgan fingerprint density at radius 3 is 1.97 bits per heavy atom. The van der Waals surface area contributed by atoms with Crippen LogP contribution in [-0.4, -0.2) is 78.4 Å². The first-order chi connectivity index (χ1) is 18.8. The molecule has 0 fully saturated rings. The molecule has 0 aliphatic rings. The molecule has 0 radical (unpaired) electrons. The van der Waals surface area contributed by atoms with Gasteiger partial charge < -0.3 is 41.7 Å². The van der Waals surface area contributed by atoms with Gasteiger partial charge in [0.25, 0.3) is 0 Å². The van der Waals surface area contributed by atoms with E-state index >= 15 is 0 Å². The van der Waals surface area contributed by atoms with Gasteiger partial charge in [-0.05, 0) is 11.6 Å². The minimum Gasteiger partial charge on any atom is -0.480 e. The number of carboxylic acid groups (broad SMARTS) is 1. The molecule has 3 unspecified atom stereocenters. The van der Waals surface area contributed by atoms with Gasteiger partial charge in [0.1, 0.15) is 18.1 Å². The number of nitrogens with zero attached hydrogens (tertiary/aromatic N) is 2. The van der Waals surface area contributed by atoms with Crippen LogP contribution in [-0.2, 0) is 38.4 Å². The minimum absolute atomic E-state index is 0.00138. The van der Waals surface area contributed by atoms with E-state index < -0.39 is 41.8 Å². The van der Waals surface area contributed by atoms with Crippen molar-refractivity contribution in [2.24, 2.45) is 5.73 Å². The minimum atomic E-state index is -1.27. The quantitative estimate of drug-likeness (QED) is 0.107. The predicted molar refractivity (Wildman–Crippen MR) is 139 cm³/mol. The largest absolute Gasteiger partial charge is 0.480 e. The second-order valence-corrected chi connectivity index (χ2v) is 8.91. The lowest BCUT2D eigenvalue weighted by atomic mass is 10.0. The highest BCUT2D eigenvalue weighted by molar-refractivity contribution is 5.94. The smallest absolute Gasteiger partial charge is 0.326 e. The average molecular weight is 536 g/mol. The highest BCUT2D eigenvalue weighted by Crippen LogP contribution is 2.19. The molecule has 14 heteroatoms. The Balaban J connectivity index is 1.52. The number of imidazole rings is 2. The third-order valence-electron chi connectivity index (χ3n) is 6.14. The van der Waals surface area contributed by atoms with Crippen molar-refractivity contribution in [1.29, 1.82) is 0 Å². The second-order valence-electron chi connectivity index (χ2n) is 8.91. The zero-order valence-electron chi connectivity index (χ0n) is 20.8. The number of hydrogen-bond donors (Lipinski definition) is 8. The summed E-state index contributed by atoms with van der Waals surface area (Å²) in [5.41, 5.74) is 8.08. The summed E-state index contributed by atoms with van der Waals surface area (Å²) in [6.07, 6.45) is 7.64. The van der Waals surface area contributed by atoms with Gasteiger partial charge in [0, 0.05) is 60.1 Å². The molecular formula is C25H29N9O5. The van der Waals surface area contributed by atoms with Crippen LogP contribution in [0, 0.1) is 0 Å². The number of aliphatic carboxylic acids is 1. The van der Waals surface area contributed by atoms with Crippen molar-refractivity contribution in [3.05, 3.63) is 72.5 Å². The SMILES string of the molecule is NCC(=O)NC(Cc1cnc[nH]1)C(=O)NC(Cc1cnc[nH]1)C(=O)NC(Cc1c[nH]c2ccccc12)C(=O)O. The fourth-order valence-corrected chi connectivity index (χ4v) is 4.17. The summed E-state index contributed by atoms with van der Waals surface area (Å²) < 4.78 is 0. The zero-order chi connectivity index (χ0) is 27.8. The second kappa shape index (κ2) is 12.5. The highest BCUT2D eigenvalue weighted by atomic mass is 16.4. The monoisotopic (exact) mass is 535 g/mol. The summed E-state index contributed by atoms with van der Waals surface area (Å²) in [5.74, 6) is -3.16. The molecule has 0 aliphatic heterocycles. The van der Waals surface area contributed by atoms with Crippen molar-refractivity contribution in [2.45, 2.75) is 37.4 Å². The molecule has 14 nitrogen and oxygen atoms in total. The first-order valence-electron chi connectivity index (χ1n) is 12.2. The number of rotatable bonds is 13. The molecule has 0 bridgehead atoms. The Labute approximate surface area is 222 Å². The number of aromatic nitrogens is 5. The summed E-state index contributed by atoms with van der Waals surface area (Å²) >= 11 is 0. The molecule has 4 aromatic rings. The molecule has 1 aromatic carbocycles. The first kappa shape index (κ1) is 27.1. The van der Waals surface area contributed by atoms with Crippen molar-refractivity contribution in [2.75, 3.05) is 6.54 Å². The van der Waals surface area contributed by atoms with E-state index in [0.29, 0.717) is 11.4 Å². The van der Waals surface area contributed by atoms with Crippen molar-refractivity contribution in [3.8, 4) is 0 Å². The molecule has 0 aliphatic carbocycles. The molecule has 39 heavy (non-hydrogen) atoms. The van der Waals surface area contributed by atoms with E-state index in [1.807, 2.05) is 24.3 Å². The molecule has 3 amide bonds. The maximum atomic E-state index is 13.4. The van der Waals surface area contributed by atoms with Crippen LogP contribution in [0.5, 0.6) is 0 Å². The summed E-state index contributed by atoms with van der Waals surface area (Å²) in [6, 6.07) is 3.91. The van der Waals surface area contributed by atoms with Gasteiger partial charge in [0.2, 0.25) is 17.7 Å². The Kier molecular flexibility index (Phi) is 8.68. The van der Waals surface area contributed by atoms with E-state index in [1.54, 1.807) is 6.20 Å². The Bertz CT molecular complexity index is 1410.